The first-order valence-electron chi connectivity index (χ1n) is 12.1. The van der Waals surface area contributed by atoms with E-state index >= 15 is 0 Å². The molecule has 3 N–H and O–H groups in total. The minimum Gasteiger partial charge on any atom is -0.489 e. The van der Waals surface area contributed by atoms with Gasteiger partial charge in [-0.3, -0.25) is 19.8 Å². The van der Waals surface area contributed by atoms with Crippen LogP contribution in [0.1, 0.15) is 17.7 Å². The number of pyridine rings is 1. The molecular formula is C28H28N4O6. The molecule has 0 spiro atoms. The van der Waals surface area contributed by atoms with Gasteiger partial charge in [-0.1, -0.05) is 24.1 Å². The van der Waals surface area contributed by atoms with Gasteiger partial charge in [0.2, 0.25) is 11.8 Å². The number of hydroxylamine groups is 1. The molecule has 1 aliphatic rings. The number of piperidine rings is 1. The Hall–Kier alpha value is -4.62. The summed E-state index contributed by atoms with van der Waals surface area (Å²) in [7, 11) is 0. The average Bonchev–Trinajstić information content (AvgIpc) is 2.94. The van der Waals surface area contributed by atoms with Crippen molar-refractivity contribution in [3.63, 3.8) is 0 Å². The summed E-state index contributed by atoms with van der Waals surface area (Å²) >= 11 is 0. The number of fused-ring (bicyclic) bond motifs is 1. The average molecular weight is 517 g/mol. The third kappa shape index (κ3) is 6.19. The number of para-hydroxylation sites is 1. The molecule has 196 valence electrons. The van der Waals surface area contributed by atoms with Gasteiger partial charge in [0.25, 0.3) is 0 Å². The fourth-order valence-corrected chi connectivity index (χ4v) is 4.52. The summed E-state index contributed by atoms with van der Waals surface area (Å²) in [5, 5.41) is 13.0. The topological polar surface area (TPSA) is 130 Å². The lowest BCUT2D eigenvalue weighted by molar-refractivity contribution is -0.141. The van der Waals surface area contributed by atoms with Crippen molar-refractivity contribution in [3.8, 4) is 18.1 Å². The number of amides is 3. The molecule has 2 heterocycles. The van der Waals surface area contributed by atoms with E-state index in [4.69, 9.17) is 21.1 Å². The number of nitrogens with one attached hydrogen (secondary N) is 2. The molecule has 0 saturated carbocycles. The Kier molecular flexibility index (Phi) is 8.40. The van der Waals surface area contributed by atoms with Crippen LogP contribution in [0.4, 0.5) is 10.5 Å². The quantitative estimate of drug-likeness (QED) is 0.250. The molecule has 10 nitrogen and oxygen atoms in total. The first-order chi connectivity index (χ1) is 18.4. The zero-order valence-electron chi connectivity index (χ0n) is 20.8. The summed E-state index contributed by atoms with van der Waals surface area (Å²) in [6, 6.07) is 16.8. The number of aryl methyl sites for hydroxylation is 1. The van der Waals surface area contributed by atoms with Gasteiger partial charge in [-0.05, 0) is 49.7 Å². The monoisotopic (exact) mass is 516 g/mol. The van der Waals surface area contributed by atoms with Crippen LogP contribution in [-0.2, 0) is 20.9 Å². The summed E-state index contributed by atoms with van der Waals surface area (Å²) in [4.78, 5) is 43.3. The van der Waals surface area contributed by atoms with Gasteiger partial charge in [-0.15, -0.1) is 6.42 Å². The van der Waals surface area contributed by atoms with Gasteiger partial charge in [0.1, 0.15) is 12.4 Å². The summed E-state index contributed by atoms with van der Waals surface area (Å²) in [5.74, 6) is -0.0675. The van der Waals surface area contributed by atoms with Crippen molar-refractivity contribution in [3.05, 3.63) is 65.9 Å². The molecule has 2 aromatic carbocycles. The van der Waals surface area contributed by atoms with E-state index in [2.05, 4.69) is 16.2 Å². The predicted molar refractivity (Wildman–Crippen MR) is 139 cm³/mol. The molecule has 0 bridgehead atoms. The maximum Gasteiger partial charge on any atom is 0.410 e. The summed E-state index contributed by atoms with van der Waals surface area (Å²) in [5.41, 5.74) is 4.94. The number of ether oxygens (including phenoxy) is 2. The van der Waals surface area contributed by atoms with Gasteiger partial charge in [-0.25, -0.2) is 10.3 Å². The third-order valence-corrected chi connectivity index (χ3v) is 6.38. The van der Waals surface area contributed by atoms with Gasteiger partial charge < -0.3 is 19.7 Å². The van der Waals surface area contributed by atoms with Crippen molar-refractivity contribution in [2.24, 2.45) is 11.8 Å². The van der Waals surface area contributed by atoms with Crippen molar-refractivity contribution in [2.75, 3.05) is 25.0 Å². The van der Waals surface area contributed by atoms with Gasteiger partial charge in [0.15, 0.2) is 6.61 Å². The molecule has 4 rings (SSSR count). The van der Waals surface area contributed by atoms with E-state index < -0.39 is 29.7 Å². The number of nitrogens with zero attached hydrogens (tertiary/aromatic N) is 2. The normalized spacial score (nSPS) is 16.8. The Balaban J connectivity index is 1.38. The molecule has 1 aromatic heterocycles. The predicted octanol–water partition coefficient (Wildman–Crippen LogP) is 3.27. The molecular weight excluding hydrogens is 488 g/mol. The zero-order valence-corrected chi connectivity index (χ0v) is 20.8. The first-order valence-corrected chi connectivity index (χ1v) is 12.1. The maximum atomic E-state index is 13.0. The van der Waals surface area contributed by atoms with Crippen LogP contribution in [0.25, 0.3) is 10.9 Å². The molecule has 1 aliphatic heterocycles. The number of hydrogen-bond acceptors (Lipinski definition) is 7. The zero-order chi connectivity index (χ0) is 27.1. The van der Waals surface area contributed by atoms with E-state index in [1.54, 1.807) is 29.7 Å². The number of rotatable bonds is 7. The largest absolute Gasteiger partial charge is 0.489 e. The van der Waals surface area contributed by atoms with Crippen molar-refractivity contribution in [1.29, 1.82) is 0 Å². The number of aromatic nitrogens is 1. The Morgan fingerprint density at radius 3 is 2.63 bits per heavy atom. The lowest BCUT2D eigenvalue weighted by Gasteiger charge is -2.35. The van der Waals surface area contributed by atoms with Crippen LogP contribution in [0.2, 0.25) is 0 Å². The molecule has 0 aliphatic carbocycles. The standard InChI is InChI=1S/C28H28N4O6/c1-3-14-37-28(35)32-13-12-23(24(16-32)27(34)31-36)26(33)30-20-8-10-21(11-9-20)38-17-19-15-18(2)29-25-7-5-4-6-22(19)25/h1,4-11,15,23-24,36H,12-14,16-17H2,2H3,(H,30,33)(H,31,34)/t23-,24-/m0/s1. The number of carbonyl (C=O) groups excluding carboxylic acids is 3. The lowest BCUT2D eigenvalue weighted by atomic mass is 9.84. The fraction of sp³-hybridized carbons (Fsp3) is 0.286. The van der Waals surface area contributed by atoms with E-state index in [9.17, 15) is 14.4 Å². The molecule has 3 amide bonds. The Bertz CT molecular complexity index is 1370. The maximum absolute atomic E-state index is 13.0. The molecule has 2 atom stereocenters. The highest BCUT2D eigenvalue weighted by Gasteiger charge is 2.40. The van der Waals surface area contributed by atoms with Gasteiger partial charge >= 0.3 is 6.09 Å². The van der Waals surface area contributed by atoms with Gasteiger partial charge in [0, 0.05) is 35.4 Å². The van der Waals surface area contributed by atoms with Gasteiger partial charge in [0.05, 0.1) is 17.4 Å². The van der Waals surface area contributed by atoms with Crippen molar-refractivity contribution >= 4 is 34.5 Å². The highest BCUT2D eigenvalue weighted by Crippen LogP contribution is 2.27. The van der Waals surface area contributed by atoms with E-state index in [0.29, 0.717) is 18.0 Å². The summed E-state index contributed by atoms with van der Waals surface area (Å²) < 4.78 is 10.9. The van der Waals surface area contributed by atoms with Crippen molar-refractivity contribution < 1.29 is 29.1 Å². The Morgan fingerprint density at radius 2 is 1.89 bits per heavy atom. The van der Waals surface area contributed by atoms with Crippen LogP contribution in [0.5, 0.6) is 5.75 Å². The Morgan fingerprint density at radius 1 is 1.13 bits per heavy atom. The second-order valence-electron chi connectivity index (χ2n) is 8.92. The highest BCUT2D eigenvalue weighted by molar-refractivity contribution is 5.96. The van der Waals surface area contributed by atoms with Crippen LogP contribution >= 0.6 is 0 Å². The highest BCUT2D eigenvalue weighted by atomic mass is 16.6. The minimum absolute atomic E-state index is 0.0934. The van der Waals surface area contributed by atoms with Crippen LogP contribution in [0.3, 0.4) is 0 Å². The number of likely N-dealkylation sites (tertiary alicyclic amines) is 1. The van der Waals surface area contributed by atoms with E-state index in [0.717, 1.165) is 22.2 Å². The van der Waals surface area contributed by atoms with Crippen LogP contribution in [0, 0.1) is 31.1 Å². The molecule has 1 saturated heterocycles. The molecule has 0 unspecified atom stereocenters. The lowest BCUT2D eigenvalue weighted by Crippen LogP contribution is -2.52. The van der Waals surface area contributed by atoms with Crippen LogP contribution < -0.4 is 15.5 Å². The smallest absolute Gasteiger partial charge is 0.410 e. The molecule has 3 aromatic rings. The summed E-state index contributed by atoms with van der Waals surface area (Å²) in [6.45, 7) is 2.21. The molecule has 1 fully saturated rings. The van der Waals surface area contributed by atoms with Crippen LogP contribution in [-0.4, -0.2) is 52.7 Å². The van der Waals surface area contributed by atoms with E-state index in [1.807, 2.05) is 37.3 Å². The minimum atomic E-state index is -0.964. The van der Waals surface area contributed by atoms with E-state index in [1.165, 1.54) is 4.90 Å². The molecule has 38 heavy (non-hydrogen) atoms. The number of terminal acetylenes is 1. The van der Waals surface area contributed by atoms with Crippen LogP contribution in [0.15, 0.2) is 54.6 Å². The molecule has 0 radical (unpaired) electrons. The SMILES string of the molecule is C#CCOC(=O)N1CC[C@H](C(=O)Nc2ccc(OCc3cc(C)nc4ccccc34)cc2)[C@@H](C(=O)NO)C1. The third-order valence-electron chi connectivity index (χ3n) is 6.38. The first kappa shape index (κ1) is 26.4. The Labute approximate surface area is 219 Å². The number of hydrogen-bond donors (Lipinski definition) is 3. The second kappa shape index (κ2) is 12.1. The number of carbonyl (C=O) groups is 3. The summed E-state index contributed by atoms with van der Waals surface area (Å²) in [6.07, 6.45) is 4.64. The second-order valence-corrected chi connectivity index (χ2v) is 8.92. The number of benzene rings is 2. The van der Waals surface area contributed by atoms with Crippen molar-refractivity contribution in [1.82, 2.24) is 15.4 Å². The van der Waals surface area contributed by atoms with E-state index in [-0.39, 0.29) is 26.1 Å². The van der Waals surface area contributed by atoms with Gasteiger partial charge in [-0.2, -0.15) is 0 Å². The van der Waals surface area contributed by atoms with Crippen molar-refractivity contribution in [2.45, 2.75) is 20.0 Å². The molecule has 10 heteroatoms. The number of anilines is 1. The fourth-order valence-electron chi connectivity index (χ4n) is 4.52.